The zero-order valence-electron chi connectivity index (χ0n) is 21.3. The molecule has 0 aliphatic heterocycles. The standard InChI is InChI=1S/C15H13O2.C13H10.C5H5.2ClH.Zr/c1-16-12-3-5-14-10(8-12)7-11-9-13(17-2)4-6-15(11)14;1-3-7-12(8-4-1)11-13-9-5-2-6-10-13;1-2-4-5-3-1;;;/h3-9H,1-2H3;1-10H;1-3H,4H2;2*1H;/q;;;;;+2/p-2. The van der Waals surface area contributed by atoms with Crippen LogP contribution in [0.25, 0.3) is 11.1 Å². The predicted octanol–water partition coefficient (Wildman–Crippen LogP) is 1.51. The van der Waals surface area contributed by atoms with E-state index < -0.39 is 21.3 Å². The summed E-state index contributed by atoms with van der Waals surface area (Å²) in [5.74, 6) is 1.83. The maximum absolute atomic E-state index is 5.73. The molecule has 0 heterocycles. The van der Waals surface area contributed by atoms with Crippen LogP contribution >= 0.6 is 0 Å². The van der Waals surface area contributed by atoms with Gasteiger partial charge in [0.05, 0.1) is 0 Å². The van der Waals surface area contributed by atoms with E-state index in [1.54, 1.807) is 20.7 Å². The first-order valence-corrected chi connectivity index (χ1v) is 16.2. The molecule has 0 spiro atoms. The van der Waals surface area contributed by atoms with Crippen molar-refractivity contribution in [2.24, 2.45) is 0 Å². The van der Waals surface area contributed by atoms with E-state index in [1.165, 1.54) is 33.4 Å². The first-order valence-electron chi connectivity index (χ1n) is 12.4. The van der Waals surface area contributed by atoms with E-state index in [0.717, 1.165) is 17.9 Å². The summed E-state index contributed by atoms with van der Waals surface area (Å²) in [4.78, 5) is 0. The molecule has 4 aromatic rings. The maximum atomic E-state index is 5.73. The van der Waals surface area contributed by atoms with Crippen molar-refractivity contribution < 1.29 is 55.6 Å². The van der Waals surface area contributed by atoms with Gasteiger partial charge in [0.15, 0.2) is 0 Å². The van der Waals surface area contributed by atoms with Crippen molar-refractivity contribution in [3.63, 3.8) is 0 Å². The van der Waals surface area contributed by atoms with Crippen molar-refractivity contribution in [1.82, 2.24) is 0 Å². The van der Waals surface area contributed by atoms with E-state index in [-0.39, 0.29) is 24.8 Å². The van der Waals surface area contributed by atoms with Gasteiger partial charge in [0, 0.05) is 0 Å². The van der Waals surface area contributed by atoms with E-state index >= 15 is 0 Å². The fraction of sp³-hybridized carbons (Fsp3) is 0.121. The first kappa shape index (κ1) is 28.3. The Balaban J connectivity index is 0.00000168. The summed E-state index contributed by atoms with van der Waals surface area (Å²) in [5, 5.41) is 0. The molecule has 0 fully saturated rings. The van der Waals surface area contributed by atoms with Crippen molar-refractivity contribution in [1.29, 1.82) is 0 Å². The van der Waals surface area contributed by atoms with Crippen LogP contribution < -0.4 is 34.3 Å². The number of allylic oxidation sites excluding steroid dienone is 4. The molecule has 6 rings (SSSR count). The normalized spacial score (nSPS) is 12.7. The molecular weight excluding hydrogens is 590 g/mol. The third-order valence-electron chi connectivity index (χ3n) is 7.23. The van der Waals surface area contributed by atoms with Crippen LogP contribution in [-0.4, -0.2) is 17.4 Å². The second-order valence-corrected chi connectivity index (χ2v) is 15.4. The van der Waals surface area contributed by atoms with E-state index in [9.17, 15) is 0 Å². The molecule has 0 saturated carbocycles. The second-order valence-electron chi connectivity index (χ2n) is 9.18. The number of hydrogen-bond donors (Lipinski definition) is 0. The third-order valence-corrected chi connectivity index (χ3v) is 15.5. The number of rotatable bonds is 6. The predicted molar refractivity (Wildman–Crippen MR) is 145 cm³/mol. The minimum absolute atomic E-state index is 0. The Bertz CT molecular complexity index is 1430. The number of methoxy groups -OCH3 is 2. The maximum Gasteiger partial charge on any atom is -1.00 e. The zero-order chi connectivity index (χ0) is 24.5. The summed E-state index contributed by atoms with van der Waals surface area (Å²) in [5.41, 5.74) is 8.11. The fourth-order valence-electron chi connectivity index (χ4n) is 5.61. The average Bonchev–Trinajstić information content (AvgIpc) is 3.58. The topological polar surface area (TPSA) is 18.5 Å². The summed E-state index contributed by atoms with van der Waals surface area (Å²) in [7, 11) is 3.52. The van der Waals surface area contributed by atoms with Gasteiger partial charge in [0.1, 0.15) is 0 Å². The zero-order valence-corrected chi connectivity index (χ0v) is 25.3. The van der Waals surface area contributed by atoms with Crippen molar-refractivity contribution in [2.45, 2.75) is 10.0 Å². The van der Waals surface area contributed by atoms with Gasteiger partial charge in [-0.25, -0.2) is 0 Å². The average molecular weight is 619 g/mol. The SMILES string of the molecule is COc1ccc2c(c1)[CH]([Zr+2]([C]1=CC=CC1)=[C](c1ccccc1)c1ccccc1)c1cc(OC)ccc1-2.[Cl-].[Cl-]. The molecule has 2 nitrogen and oxygen atoms in total. The van der Waals surface area contributed by atoms with Gasteiger partial charge in [-0.2, -0.15) is 0 Å². The van der Waals surface area contributed by atoms with Gasteiger partial charge in [0.25, 0.3) is 0 Å². The number of halogens is 2. The van der Waals surface area contributed by atoms with Crippen LogP contribution in [0.2, 0.25) is 0 Å². The summed E-state index contributed by atoms with van der Waals surface area (Å²) in [6.45, 7) is 0. The summed E-state index contributed by atoms with van der Waals surface area (Å²) >= 11 is -2.67. The molecule has 0 atom stereocenters. The van der Waals surface area contributed by atoms with Crippen LogP contribution in [0.4, 0.5) is 0 Å². The molecule has 38 heavy (non-hydrogen) atoms. The van der Waals surface area contributed by atoms with Gasteiger partial charge < -0.3 is 24.8 Å². The van der Waals surface area contributed by atoms with Crippen LogP contribution in [0.15, 0.2) is 119 Å². The van der Waals surface area contributed by atoms with Gasteiger partial charge in [-0.05, 0) is 0 Å². The Labute approximate surface area is 245 Å². The van der Waals surface area contributed by atoms with Crippen LogP contribution in [0.1, 0.15) is 32.3 Å². The number of fused-ring (bicyclic) bond motifs is 3. The summed E-state index contributed by atoms with van der Waals surface area (Å²) < 4.78 is 14.9. The molecule has 4 aromatic carbocycles. The van der Waals surface area contributed by atoms with Crippen molar-refractivity contribution >= 4 is 3.21 Å². The van der Waals surface area contributed by atoms with E-state index in [0.29, 0.717) is 3.63 Å². The molecule has 0 radical (unpaired) electrons. The van der Waals surface area contributed by atoms with Crippen LogP contribution in [0, 0.1) is 0 Å². The molecule has 0 amide bonds. The van der Waals surface area contributed by atoms with Crippen molar-refractivity contribution in [3.05, 3.63) is 141 Å². The van der Waals surface area contributed by atoms with Crippen LogP contribution in [-0.2, 0) is 21.3 Å². The van der Waals surface area contributed by atoms with Gasteiger partial charge >= 0.3 is 222 Å². The molecule has 0 saturated heterocycles. The second kappa shape index (κ2) is 12.4. The van der Waals surface area contributed by atoms with Gasteiger partial charge in [-0.15, -0.1) is 0 Å². The number of hydrogen-bond acceptors (Lipinski definition) is 2. The minimum Gasteiger partial charge on any atom is -1.00 e. The fourth-order valence-corrected chi connectivity index (χ4v) is 14.6. The number of ether oxygens (including phenoxy) is 2. The summed E-state index contributed by atoms with van der Waals surface area (Å²) in [6.07, 6.45) is 8.00. The van der Waals surface area contributed by atoms with Gasteiger partial charge in [0.2, 0.25) is 0 Å². The molecule has 0 aromatic heterocycles. The molecule has 190 valence electrons. The monoisotopic (exact) mass is 616 g/mol. The minimum atomic E-state index is -2.67. The molecule has 2 aliphatic carbocycles. The molecule has 0 N–H and O–H groups in total. The Morgan fingerprint density at radius 1 is 0.684 bits per heavy atom. The van der Waals surface area contributed by atoms with Gasteiger partial charge in [-0.1, -0.05) is 0 Å². The third kappa shape index (κ3) is 5.13. The van der Waals surface area contributed by atoms with Gasteiger partial charge in [-0.3, -0.25) is 0 Å². The first-order chi connectivity index (χ1) is 17.8. The number of benzene rings is 4. The van der Waals surface area contributed by atoms with Crippen molar-refractivity contribution in [3.8, 4) is 22.6 Å². The van der Waals surface area contributed by atoms with E-state index in [1.807, 2.05) is 0 Å². The molecular formula is C33H28Cl2O2Zr. The Hall–Kier alpha value is -2.71. The molecule has 5 heteroatoms. The smallest absolute Gasteiger partial charge is 1.00 e. The summed E-state index contributed by atoms with van der Waals surface area (Å²) in [6, 6.07) is 35.3. The van der Waals surface area contributed by atoms with Crippen molar-refractivity contribution in [2.75, 3.05) is 14.2 Å². The molecule has 0 bridgehead atoms. The Morgan fingerprint density at radius 2 is 1.18 bits per heavy atom. The molecule has 0 unspecified atom stereocenters. The van der Waals surface area contributed by atoms with E-state index in [2.05, 4.69) is 115 Å². The Morgan fingerprint density at radius 3 is 1.61 bits per heavy atom. The van der Waals surface area contributed by atoms with Crippen LogP contribution in [0.3, 0.4) is 0 Å². The quantitative estimate of drug-likeness (QED) is 0.327. The van der Waals surface area contributed by atoms with E-state index in [4.69, 9.17) is 9.47 Å². The molecule has 2 aliphatic rings. The largest absolute Gasteiger partial charge is 1.00 e. The Kier molecular flexibility index (Phi) is 9.26. The van der Waals surface area contributed by atoms with Crippen LogP contribution in [0.5, 0.6) is 11.5 Å².